The van der Waals surface area contributed by atoms with Gasteiger partial charge in [-0.15, -0.1) is 0 Å². The summed E-state index contributed by atoms with van der Waals surface area (Å²) in [5, 5.41) is 6.15. The number of aromatic nitrogens is 2. The van der Waals surface area contributed by atoms with Crippen LogP contribution in [0.25, 0.3) is 0 Å². The van der Waals surface area contributed by atoms with Crippen LogP contribution in [0.5, 0.6) is 0 Å². The van der Waals surface area contributed by atoms with E-state index < -0.39 is 21.5 Å². The van der Waals surface area contributed by atoms with Crippen molar-refractivity contribution in [2.45, 2.75) is 37.6 Å². The summed E-state index contributed by atoms with van der Waals surface area (Å²) in [6, 6.07) is 0. The Balaban J connectivity index is 3.11. The summed E-state index contributed by atoms with van der Waals surface area (Å²) in [4.78, 5) is 11.3. The maximum atomic E-state index is 12.0. The van der Waals surface area contributed by atoms with Crippen molar-refractivity contribution in [3.8, 4) is 0 Å². The van der Waals surface area contributed by atoms with Gasteiger partial charge in [-0.05, 0) is 20.3 Å². The molecule has 96 valence electrons. The first kappa shape index (κ1) is 13.7. The van der Waals surface area contributed by atoms with Crippen LogP contribution in [0.1, 0.15) is 26.0 Å². The number of carbonyl (C=O) groups excluding carboxylic acids is 1. The number of rotatable bonds is 5. The predicted octanol–water partition coefficient (Wildman–Crippen LogP) is -0.350. The average molecular weight is 260 g/mol. The third-order valence-electron chi connectivity index (χ3n) is 2.68. The van der Waals surface area contributed by atoms with Crippen LogP contribution < -0.4 is 10.5 Å². The van der Waals surface area contributed by atoms with E-state index in [1.54, 1.807) is 13.8 Å². The second-order valence-corrected chi connectivity index (χ2v) is 5.67. The molecular weight excluding hydrogens is 244 g/mol. The van der Waals surface area contributed by atoms with Gasteiger partial charge in [-0.2, -0.15) is 9.82 Å². The zero-order valence-electron chi connectivity index (χ0n) is 9.94. The number of sulfonamides is 1. The minimum Gasteiger partial charge on any atom is -0.368 e. The van der Waals surface area contributed by atoms with Crippen LogP contribution in [0.4, 0.5) is 0 Å². The van der Waals surface area contributed by atoms with E-state index in [1.165, 1.54) is 13.1 Å². The number of H-pyrrole nitrogens is 1. The van der Waals surface area contributed by atoms with E-state index in [9.17, 15) is 13.2 Å². The van der Waals surface area contributed by atoms with Gasteiger partial charge in [-0.1, -0.05) is 6.92 Å². The molecule has 1 atom stereocenters. The van der Waals surface area contributed by atoms with Gasteiger partial charge in [-0.3, -0.25) is 9.89 Å². The normalized spacial score (nSPS) is 15.5. The summed E-state index contributed by atoms with van der Waals surface area (Å²) in [5.74, 6) is -0.718. The molecule has 1 aromatic heterocycles. The summed E-state index contributed by atoms with van der Waals surface area (Å²) < 4.78 is 26.3. The van der Waals surface area contributed by atoms with Crippen LogP contribution in [0.15, 0.2) is 11.1 Å². The maximum Gasteiger partial charge on any atom is 0.244 e. The summed E-state index contributed by atoms with van der Waals surface area (Å²) in [5.41, 5.74) is 4.29. The lowest BCUT2D eigenvalue weighted by Gasteiger charge is -2.25. The highest BCUT2D eigenvalue weighted by atomic mass is 32.2. The van der Waals surface area contributed by atoms with Crippen molar-refractivity contribution >= 4 is 15.9 Å². The quantitative estimate of drug-likeness (QED) is 0.670. The highest BCUT2D eigenvalue weighted by molar-refractivity contribution is 7.89. The Bertz CT molecular complexity index is 522. The van der Waals surface area contributed by atoms with Crippen molar-refractivity contribution in [1.29, 1.82) is 0 Å². The number of aryl methyl sites for hydroxylation is 1. The molecule has 7 nitrogen and oxygen atoms in total. The fourth-order valence-corrected chi connectivity index (χ4v) is 2.85. The van der Waals surface area contributed by atoms with Gasteiger partial charge in [0.1, 0.15) is 10.4 Å². The fourth-order valence-electron chi connectivity index (χ4n) is 1.26. The summed E-state index contributed by atoms with van der Waals surface area (Å²) in [6.45, 7) is 4.70. The lowest BCUT2D eigenvalue weighted by Crippen LogP contribution is -2.54. The SMILES string of the molecule is CCC(C)(NS(=O)(=O)c1cn[nH]c1C)C(N)=O. The van der Waals surface area contributed by atoms with Crippen molar-refractivity contribution < 1.29 is 13.2 Å². The minimum absolute atomic E-state index is 0.0124. The molecule has 0 aliphatic heterocycles. The van der Waals surface area contributed by atoms with Gasteiger partial charge >= 0.3 is 0 Å². The Kier molecular flexibility index (Phi) is 3.58. The highest BCUT2D eigenvalue weighted by Gasteiger charge is 2.35. The van der Waals surface area contributed by atoms with E-state index in [2.05, 4.69) is 14.9 Å². The van der Waals surface area contributed by atoms with Gasteiger partial charge in [0, 0.05) is 0 Å². The van der Waals surface area contributed by atoms with Crippen LogP contribution in [0, 0.1) is 6.92 Å². The number of primary amides is 1. The molecule has 4 N–H and O–H groups in total. The molecule has 8 heteroatoms. The topological polar surface area (TPSA) is 118 Å². The Labute approximate surface area is 99.8 Å². The Morgan fingerprint density at radius 3 is 2.59 bits per heavy atom. The standard InChI is InChI=1S/C9H16N4O3S/c1-4-9(3,8(10)14)13-17(15,16)7-5-11-12-6(7)2/h5,13H,4H2,1-3H3,(H2,10,14)(H,11,12). The van der Waals surface area contributed by atoms with E-state index in [1.807, 2.05) is 0 Å². The first-order valence-electron chi connectivity index (χ1n) is 5.07. The number of amides is 1. The monoisotopic (exact) mass is 260 g/mol. The predicted molar refractivity (Wildman–Crippen MR) is 61.5 cm³/mol. The van der Waals surface area contributed by atoms with Gasteiger partial charge in [0.2, 0.25) is 15.9 Å². The molecule has 0 spiro atoms. The molecule has 1 unspecified atom stereocenters. The van der Waals surface area contributed by atoms with Crippen LogP contribution in [-0.2, 0) is 14.8 Å². The molecule has 0 radical (unpaired) electrons. The van der Waals surface area contributed by atoms with Gasteiger partial charge < -0.3 is 5.73 Å². The number of nitrogens with zero attached hydrogens (tertiary/aromatic N) is 1. The molecule has 0 bridgehead atoms. The minimum atomic E-state index is -3.81. The Morgan fingerprint density at radius 1 is 1.65 bits per heavy atom. The third-order valence-corrected chi connectivity index (χ3v) is 4.39. The van der Waals surface area contributed by atoms with E-state index in [0.717, 1.165) is 0 Å². The van der Waals surface area contributed by atoms with Crippen molar-refractivity contribution in [3.05, 3.63) is 11.9 Å². The molecule has 0 aliphatic carbocycles. The number of nitrogens with two attached hydrogens (primary N) is 1. The van der Waals surface area contributed by atoms with Gasteiger partial charge in [0.25, 0.3) is 0 Å². The number of aromatic amines is 1. The second kappa shape index (κ2) is 4.46. The molecule has 17 heavy (non-hydrogen) atoms. The fraction of sp³-hybridized carbons (Fsp3) is 0.556. The lowest BCUT2D eigenvalue weighted by atomic mass is 10.0. The van der Waals surface area contributed by atoms with E-state index >= 15 is 0 Å². The zero-order valence-corrected chi connectivity index (χ0v) is 10.8. The molecular formula is C9H16N4O3S. The molecule has 1 aromatic rings. The van der Waals surface area contributed by atoms with Gasteiger partial charge in [0.15, 0.2) is 0 Å². The molecule has 0 aliphatic rings. The number of nitrogens with one attached hydrogen (secondary N) is 2. The highest BCUT2D eigenvalue weighted by Crippen LogP contribution is 2.17. The first-order chi connectivity index (χ1) is 7.73. The maximum absolute atomic E-state index is 12.0. The van der Waals surface area contributed by atoms with Crippen molar-refractivity contribution in [2.75, 3.05) is 0 Å². The third kappa shape index (κ3) is 2.64. The second-order valence-electron chi connectivity index (χ2n) is 4.01. The van der Waals surface area contributed by atoms with Crippen molar-refractivity contribution in [2.24, 2.45) is 5.73 Å². The van der Waals surface area contributed by atoms with E-state index in [0.29, 0.717) is 5.69 Å². The lowest BCUT2D eigenvalue weighted by molar-refractivity contribution is -0.123. The number of hydrogen-bond donors (Lipinski definition) is 3. The first-order valence-corrected chi connectivity index (χ1v) is 6.55. The molecule has 1 heterocycles. The molecule has 0 fully saturated rings. The summed E-state index contributed by atoms with van der Waals surface area (Å²) in [6.07, 6.45) is 1.45. The molecule has 0 saturated carbocycles. The molecule has 0 aromatic carbocycles. The van der Waals surface area contributed by atoms with Gasteiger partial charge in [0.05, 0.1) is 11.9 Å². The van der Waals surface area contributed by atoms with Crippen LogP contribution in [0.2, 0.25) is 0 Å². The number of hydrogen-bond acceptors (Lipinski definition) is 4. The molecule has 1 rings (SSSR count). The van der Waals surface area contributed by atoms with Crippen molar-refractivity contribution in [1.82, 2.24) is 14.9 Å². The van der Waals surface area contributed by atoms with E-state index in [4.69, 9.17) is 5.73 Å². The summed E-state index contributed by atoms with van der Waals surface area (Å²) in [7, 11) is -3.81. The molecule has 1 amide bonds. The molecule has 0 saturated heterocycles. The van der Waals surface area contributed by atoms with Crippen molar-refractivity contribution in [3.63, 3.8) is 0 Å². The van der Waals surface area contributed by atoms with Crippen LogP contribution in [-0.4, -0.2) is 30.1 Å². The Morgan fingerprint density at radius 2 is 2.24 bits per heavy atom. The summed E-state index contributed by atoms with van der Waals surface area (Å²) >= 11 is 0. The van der Waals surface area contributed by atoms with E-state index in [-0.39, 0.29) is 11.3 Å². The number of carbonyl (C=O) groups is 1. The smallest absolute Gasteiger partial charge is 0.244 e. The van der Waals surface area contributed by atoms with Crippen LogP contribution in [0.3, 0.4) is 0 Å². The Hall–Kier alpha value is -1.41. The average Bonchev–Trinajstić information content (AvgIpc) is 2.64. The van der Waals surface area contributed by atoms with Gasteiger partial charge in [-0.25, -0.2) is 8.42 Å². The zero-order chi connectivity index (χ0) is 13.3. The van der Waals surface area contributed by atoms with Crippen LogP contribution >= 0.6 is 0 Å². The largest absolute Gasteiger partial charge is 0.368 e.